The molecule has 1 amide bonds. The van der Waals surface area contributed by atoms with Crippen LogP contribution < -0.4 is 10.6 Å². The lowest BCUT2D eigenvalue weighted by atomic mass is 10.1. The SMILES string of the molecule is CCOC(=O)[C@@H](NC(=O)[C@@H]1CCCN1)[C@@H](O)C(=O)OCC. The van der Waals surface area contributed by atoms with E-state index in [4.69, 9.17) is 4.74 Å². The number of carbonyl (C=O) groups is 3. The van der Waals surface area contributed by atoms with Crippen LogP contribution in [0.1, 0.15) is 26.7 Å². The van der Waals surface area contributed by atoms with Crippen molar-refractivity contribution in [1.82, 2.24) is 10.6 Å². The zero-order chi connectivity index (χ0) is 15.8. The maximum Gasteiger partial charge on any atom is 0.337 e. The maximum atomic E-state index is 12.0. The predicted molar refractivity (Wildman–Crippen MR) is 72.2 cm³/mol. The summed E-state index contributed by atoms with van der Waals surface area (Å²) in [7, 11) is 0. The Hall–Kier alpha value is -1.67. The molecular formula is C13H22N2O6. The Kier molecular flexibility index (Phi) is 7.10. The number of ether oxygens (including phenoxy) is 2. The molecule has 1 rings (SSSR count). The Balaban J connectivity index is 2.73. The van der Waals surface area contributed by atoms with Gasteiger partial charge >= 0.3 is 11.9 Å². The van der Waals surface area contributed by atoms with Crippen LogP contribution in [-0.4, -0.2) is 60.9 Å². The lowest BCUT2D eigenvalue weighted by molar-refractivity contribution is -0.163. The third-order valence-electron chi connectivity index (χ3n) is 3.06. The minimum atomic E-state index is -1.80. The number of hydrogen-bond donors (Lipinski definition) is 3. The van der Waals surface area contributed by atoms with E-state index < -0.39 is 36.0 Å². The number of aliphatic hydroxyl groups is 1. The number of aliphatic hydroxyl groups excluding tert-OH is 1. The van der Waals surface area contributed by atoms with Crippen molar-refractivity contribution >= 4 is 17.8 Å². The molecule has 0 unspecified atom stereocenters. The van der Waals surface area contributed by atoms with Crippen LogP contribution in [0.15, 0.2) is 0 Å². The predicted octanol–water partition coefficient (Wildman–Crippen LogP) is -1.29. The van der Waals surface area contributed by atoms with E-state index in [0.29, 0.717) is 13.0 Å². The van der Waals surface area contributed by atoms with Gasteiger partial charge in [-0.2, -0.15) is 0 Å². The first-order chi connectivity index (χ1) is 10.0. The fourth-order valence-electron chi connectivity index (χ4n) is 2.02. The summed E-state index contributed by atoms with van der Waals surface area (Å²) in [6, 6.07) is -1.91. The fraction of sp³-hybridized carbons (Fsp3) is 0.769. The second-order valence-corrected chi connectivity index (χ2v) is 4.58. The third-order valence-corrected chi connectivity index (χ3v) is 3.06. The summed E-state index contributed by atoms with van der Waals surface area (Å²) in [5.74, 6) is -2.30. The number of esters is 2. The van der Waals surface area contributed by atoms with Gasteiger partial charge < -0.3 is 25.2 Å². The van der Waals surface area contributed by atoms with Gasteiger partial charge in [0.1, 0.15) is 0 Å². The van der Waals surface area contributed by atoms with Gasteiger partial charge in [-0.05, 0) is 33.2 Å². The second kappa shape index (κ2) is 8.58. The Bertz CT molecular complexity index is 381. The molecule has 0 bridgehead atoms. The summed E-state index contributed by atoms with van der Waals surface area (Å²) in [6.45, 7) is 4.01. The molecule has 8 nitrogen and oxygen atoms in total. The van der Waals surface area contributed by atoms with E-state index in [2.05, 4.69) is 15.4 Å². The van der Waals surface area contributed by atoms with Crippen LogP contribution in [0.5, 0.6) is 0 Å². The highest BCUT2D eigenvalue weighted by molar-refractivity contribution is 5.92. The van der Waals surface area contributed by atoms with Crippen LogP contribution in [0.3, 0.4) is 0 Å². The topological polar surface area (TPSA) is 114 Å². The van der Waals surface area contributed by atoms with Gasteiger partial charge in [0.2, 0.25) is 5.91 Å². The first-order valence-electron chi connectivity index (χ1n) is 7.06. The number of nitrogens with one attached hydrogen (secondary N) is 2. The van der Waals surface area contributed by atoms with Gasteiger partial charge in [0.05, 0.1) is 19.3 Å². The van der Waals surface area contributed by atoms with Crippen molar-refractivity contribution in [1.29, 1.82) is 0 Å². The molecule has 0 aliphatic carbocycles. The molecule has 21 heavy (non-hydrogen) atoms. The summed E-state index contributed by atoms with van der Waals surface area (Å²) in [6.07, 6.45) is -0.311. The van der Waals surface area contributed by atoms with Crippen LogP contribution in [0.4, 0.5) is 0 Å². The normalized spacial score (nSPS) is 20.4. The number of rotatable bonds is 7. The maximum absolute atomic E-state index is 12.0. The number of carbonyl (C=O) groups excluding carboxylic acids is 3. The summed E-state index contributed by atoms with van der Waals surface area (Å²) in [4.78, 5) is 35.4. The highest BCUT2D eigenvalue weighted by atomic mass is 16.6. The molecule has 0 aromatic rings. The van der Waals surface area contributed by atoms with Gasteiger partial charge in [0.25, 0.3) is 0 Å². The fourth-order valence-corrected chi connectivity index (χ4v) is 2.02. The zero-order valence-electron chi connectivity index (χ0n) is 12.3. The first kappa shape index (κ1) is 17.4. The number of amides is 1. The van der Waals surface area contributed by atoms with Gasteiger partial charge in [0.15, 0.2) is 12.1 Å². The molecule has 1 aliphatic heterocycles. The molecule has 1 aliphatic rings. The van der Waals surface area contributed by atoms with E-state index in [1.807, 2.05) is 0 Å². The third kappa shape index (κ3) is 4.98. The summed E-state index contributed by atoms with van der Waals surface area (Å²) in [5.41, 5.74) is 0. The quantitative estimate of drug-likeness (QED) is 0.501. The van der Waals surface area contributed by atoms with Gasteiger partial charge in [-0.1, -0.05) is 0 Å². The highest BCUT2D eigenvalue weighted by Gasteiger charge is 2.37. The molecule has 0 aromatic carbocycles. The Morgan fingerprint density at radius 1 is 1.24 bits per heavy atom. The monoisotopic (exact) mass is 302 g/mol. The standard InChI is InChI=1S/C13H22N2O6/c1-3-20-12(18)9(10(16)13(19)21-4-2)15-11(17)8-6-5-7-14-8/h8-10,14,16H,3-7H2,1-2H3,(H,15,17)/t8-,9-,10+/m0/s1. The molecule has 120 valence electrons. The largest absolute Gasteiger partial charge is 0.464 e. The van der Waals surface area contributed by atoms with Crippen LogP contribution in [-0.2, 0) is 23.9 Å². The molecule has 1 saturated heterocycles. The number of hydrogen-bond acceptors (Lipinski definition) is 7. The van der Waals surface area contributed by atoms with E-state index in [1.54, 1.807) is 13.8 Å². The van der Waals surface area contributed by atoms with Gasteiger partial charge in [-0.25, -0.2) is 9.59 Å². The van der Waals surface area contributed by atoms with Crippen molar-refractivity contribution in [3.63, 3.8) is 0 Å². The highest BCUT2D eigenvalue weighted by Crippen LogP contribution is 2.07. The van der Waals surface area contributed by atoms with Gasteiger partial charge in [-0.3, -0.25) is 4.79 Å². The zero-order valence-corrected chi connectivity index (χ0v) is 12.3. The van der Waals surface area contributed by atoms with Crippen LogP contribution in [0.2, 0.25) is 0 Å². The molecule has 0 spiro atoms. The van der Waals surface area contributed by atoms with Crippen molar-refractivity contribution in [2.24, 2.45) is 0 Å². The minimum Gasteiger partial charge on any atom is -0.464 e. The van der Waals surface area contributed by atoms with E-state index in [-0.39, 0.29) is 13.2 Å². The summed E-state index contributed by atoms with van der Waals surface area (Å²) >= 11 is 0. The molecule has 8 heteroatoms. The summed E-state index contributed by atoms with van der Waals surface area (Å²) < 4.78 is 9.43. The Morgan fingerprint density at radius 3 is 2.38 bits per heavy atom. The molecule has 3 N–H and O–H groups in total. The molecule has 1 heterocycles. The van der Waals surface area contributed by atoms with Crippen LogP contribution in [0, 0.1) is 0 Å². The Labute approximate surface area is 123 Å². The van der Waals surface area contributed by atoms with Crippen molar-refractivity contribution in [2.45, 2.75) is 44.9 Å². The van der Waals surface area contributed by atoms with E-state index in [9.17, 15) is 19.5 Å². The van der Waals surface area contributed by atoms with Crippen molar-refractivity contribution < 1.29 is 29.0 Å². The molecule has 3 atom stereocenters. The van der Waals surface area contributed by atoms with Crippen molar-refractivity contribution in [3.8, 4) is 0 Å². The lowest BCUT2D eigenvalue weighted by Gasteiger charge is -2.22. The lowest BCUT2D eigenvalue weighted by Crippen LogP contribution is -2.56. The minimum absolute atomic E-state index is 0.0591. The molecule has 0 radical (unpaired) electrons. The van der Waals surface area contributed by atoms with E-state index >= 15 is 0 Å². The summed E-state index contributed by atoms with van der Waals surface area (Å²) in [5, 5.41) is 15.2. The van der Waals surface area contributed by atoms with Gasteiger partial charge in [0, 0.05) is 0 Å². The van der Waals surface area contributed by atoms with Gasteiger partial charge in [-0.15, -0.1) is 0 Å². The average Bonchev–Trinajstić information content (AvgIpc) is 2.98. The van der Waals surface area contributed by atoms with Crippen LogP contribution >= 0.6 is 0 Å². The van der Waals surface area contributed by atoms with E-state index in [1.165, 1.54) is 0 Å². The molecular weight excluding hydrogens is 280 g/mol. The molecule has 1 fully saturated rings. The van der Waals surface area contributed by atoms with Crippen molar-refractivity contribution in [3.05, 3.63) is 0 Å². The van der Waals surface area contributed by atoms with Crippen molar-refractivity contribution in [2.75, 3.05) is 19.8 Å². The van der Waals surface area contributed by atoms with E-state index in [0.717, 1.165) is 6.42 Å². The smallest absolute Gasteiger partial charge is 0.337 e. The molecule has 0 saturated carbocycles. The Morgan fingerprint density at radius 2 is 1.86 bits per heavy atom. The first-order valence-corrected chi connectivity index (χ1v) is 7.06. The second-order valence-electron chi connectivity index (χ2n) is 4.58. The van der Waals surface area contributed by atoms with Crippen LogP contribution in [0.25, 0.3) is 0 Å². The average molecular weight is 302 g/mol. The molecule has 0 aromatic heterocycles.